The van der Waals surface area contributed by atoms with Crippen LogP contribution < -0.4 is 4.74 Å². The molecule has 0 unspecified atom stereocenters. The van der Waals surface area contributed by atoms with E-state index in [0.29, 0.717) is 40.9 Å². The summed E-state index contributed by atoms with van der Waals surface area (Å²) in [5.74, 6) is 0.308. The Hall–Kier alpha value is -3.41. The van der Waals surface area contributed by atoms with Crippen LogP contribution in [0.15, 0.2) is 53.6 Å². The van der Waals surface area contributed by atoms with Crippen molar-refractivity contribution in [2.24, 2.45) is 0 Å². The van der Waals surface area contributed by atoms with Gasteiger partial charge in [0.05, 0.1) is 12.0 Å². The zero-order chi connectivity index (χ0) is 18.7. The second-order valence-corrected chi connectivity index (χ2v) is 5.95. The summed E-state index contributed by atoms with van der Waals surface area (Å²) < 4.78 is 5.01. The molecular formula is C20H17NO5. The number of carbonyl (C=O) groups excluding carboxylic acids is 1. The first kappa shape index (κ1) is 17.4. The van der Waals surface area contributed by atoms with E-state index in [1.807, 2.05) is 0 Å². The van der Waals surface area contributed by atoms with E-state index in [-0.39, 0.29) is 17.2 Å². The molecule has 3 rings (SSSR count). The van der Waals surface area contributed by atoms with Crippen molar-refractivity contribution in [1.82, 2.24) is 0 Å². The van der Waals surface area contributed by atoms with Crippen molar-refractivity contribution in [3.63, 3.8) is 0 Å². The Morgan fingerprint density at radius 2 is 1.73 bits per heavy atom. The van der Waals surface area contributed by atoms with Gasteiger partial charge in [-0.15, -0.1) is 0 Å². The summed E-state index contributed by atoms with van der Waals surface area (Å²) in [6, 6.07) is 11.1. The Morgan fingerprint density at radius 3 is 2.31 bits per heavy atom. The van der Waals surface area contributed by atoms with Gasteiger partial charge >= 0.3 is 0 Å². The maximum absolute atomic E-state index is 12.6. The zero-order valence-corrected chi connectivity index (χ0v) is 14.1. The van der Waals surface area contributed by atoms with E-state index in [1.165, 1.54) is 19.2 Å². The molecule has 6 nitrogen and oxygen atoms in total. The lowest BCUT2D eigenvalue weighted by molar-refractivity contribution is -0.384. The quantitative estimate of drug-likeness (QED) is 0.508. The lowest BCUT2D eigenvalue weighted by atomic mass is 10.1. The highest BCUT2D eigenvalue weighted by Gasteiger charge is 2.23. The van der Waals surface area contributed by atoms with Crippen molar-refractivity contribution >= 4 is 23.6 Å². The second-order valence-electron chi connectivity index (χ2n) is 5.95. The third-order valence-electron chi connectivity index (χ3n) is 4.21. The summed E-state index contributed by atoms with van der Waals surface area (Å²) >= 11 is 0. The fraction of sp³-hybridized carbons (Fsp3) is 0.150. The highest BCUT2D eigenvalue weighted by molar-refractivity contribution is 6.15. The van der Waals surface area contributed by atoms with Crippen molar-refractivity contribution in [2.75, 3.05) is 7.11 Å². The average Bonchev–Trinajstić information content (AvgIpc) is 2.95. The predicted octanol–water partition coefficient (Wildman–Crippen LogP) is 4.14. The third-order valence-corrected chi connectivity index (χ3v) is 4.21. The number of allylic oxidation sites excluding steroid dienone is 2. The van der Waals surface area contributed by atoms with Crippen molar-refractivity contribution in [3.05, 3.63) is 74.9 Å². The van der Waals surface area contributed by atoms with Crippen LogP contribution in [0.1, 0.15) is 24.0 Å². The molecule has 0 amide bonds. The van der Waals surface area contributed by atoms with E-state index in [9.17, 15) is 20.0 Å². The van der Waals surface area contributed by atoms with E-state index in [2.05, 4.69) is 0 Å². The molecule has 0 saturated heterocycles. The SMILES string of the molecule is COc1ccc(/C=C2\CC/C(=C\c3cccc([N+](=O)[O-])c3)C2=O)cc1O. The summed E-state index contributed by atoms with van der Waals surface area (Å²) in [5, 5.41) is 20.7. The Kier molecular flexibility index (Phi) is 4.84. The van der Waals surface area contributed by atoms with E-state index in [1.54, 1.807) is 42.5 Å². The molecule has 1 aliphatic carbocycles. The number of ketones is 1. The predicted molar refractivity (Wildman–Crippen MR) is 98.0 cm³/mol. The molecule has 2 aromatic rings. The Morgan fingerprint density at radius 1 is 1.08 bits per heavy atom. The number of benzene rings is 2. The lowest BCUT2D eigenvalue weighted by Crippen LogP contribution is -1.96. The second kappa shape index (κ2) is 7.23. The number of nitro groups is 1. The van der Waals surface area contributed by atoms with Crippen LogP contribution in [0.4, 0.5) is 5.69 Å². The molecule has 0 radical (unpaired) electrons. The summed E-state index contributed by atoms with van der Waals surface area (Å²) in [6.45, 7) is 0. The van der Waals surface area contributed by atoms with Crippen LogP contribution >= 0.6 is 0 Å². The molecule has 0 aromatic heterocycles. The number of aromatic hydroxyl groups is 1. The van der Waals surface area contributed by atoms with Crippen LogP contribution in [-0.2, 0) is 4.79 Å². The Balaban J connectivity index is 1.84. The molecule has 132 valence electrons. The van der Waals surface area contributed by atoms with Gasteiger partial charge in [-0.25, -0.2) is 0 Å². The molecule has 0 spiro atoms. The van der Waals surface area contributed by atoms with Gasteiger partial charge in [-0.2, -0.15) is 0 Å². The third kappa shape index (κ3) is 3.64. The van der Waals surface area contributed by atoms with Crippen molar-refractivity contribution in [3.8, 4) is 11.5 Å². The standard InChI is InChI=1S/C20H17NO5/c1-26-19-8-5-14(12-18(19)22)10-16-7-6-15(20(16)23)9-13-3-2-4-17(11-13)21(24)25/h2-5,8-12,22H,6-7H2,1H3/b15-9+,16-10+. The van der Waals surface area contributed by atoms with Crippen LogP contribution in [-0.4, -0.2) is 22.9 Å². The fourth-order valence-electron chi connectivity index (χ4n) is 2.91. The minimum atomic E-state index is -0.458. The number of hydrogen-bond acceptors (Lipinski definition) is 5. The number of non-ortho nitro benzene ring substituents is 1. The summed E-state index contributed by atoms with van der Waals surface area (Å²) in [6.07, 6.45) is 4.61. The Labute approximate surface area is 150 Å². The maximum Gasteiger partial charge on any atom is 0.270 e. The molecule has 1 saturated carbocycles. The largest absolute Gasteiger partial charge is 0.504 e. The number of ether oxygens (including phenoxy) is 1. The first-order valence-electron chi connectivity index (χ1n) is 8.05. The molecule has 1 aliphatic rings. The van der Waals surface area contributed by atoms with E-state index in [0.717, 1.165) is 0 Å². The summed E-state index contributed by atoms with van der Waals surface area (Å²) in [5.41, 5.74) is 2.60. The first-order valence-corrected chi connectivity index (χ1v) is 8.05. The van der Waals surface area contributed by atoms with E-state index >= 15 is 0 Å². The topological polar surface area (TPSA) is 89.7 Å². The van der Waals surface area contributed by atoms with Crippen LogP contribution in [0.3, 0.4) is 0 Å². The van der Waals surface area contributed by atoms with Gasteiger partial charge in [-0.1, -0.05) is 18.2 Å². The van der Waals surface area contributed by atoms with Gasteiger partial charge < -0.3 is 9.84 Å². The number of methoxy groups -OCH3 is 1. The van der Waals surface area contributed by atoms with Gasteiger partial charge in [-0.05, 0) is 48.3 Å². The van der Waals surface area contributed by atoms with Crippen molar-refractivity contribution in [1.29, 1.82) is 0 Å². The zero-order valence-electron chi connectivity index (χ0n) is 14.1. The van der Waals surface area contributed by atoms with E-state index < -0.39 is 4.92 Å². The number of nitro benzene ring substituents is 1. The van der Waals surface area contributed by atoms with Crippen LogP contribution in [0.5, 0.6) is 11.5 Å². The number of hydrogen-bond donors (Lipinski definition) is 1. The van der Waals surface area contributed by atoms with Gasteiger partial charge in [0.2, 0.25) is 0 Å². The monoisotopic (exact) mass is 351 g/mol. The minimum absolute atomic E-state index is 0.00531. The highest BCUT2D eigenvalue weighted by Crippen LogP contribution is 2.32. The minimum Gasteiger partial charge on any atom is -0.504 e. The molecule has 0 aliphatic heterocycles. The molecule has 0 bridgehead atoms. The van der Waals surface area contributed by atoms with Crippen molar-refractivity contribution < 1.29 is 19.6 Å². The number of phenolic OH excluding ortho intramolecular Hbond substituents is 1. The fourth-order valence-corrected chi connectivity index (χ4v) is 2.91. The highest BCUT2D eigenvalue weighted by atomic mass is 16.6. The van der Waals surface area contributed by atoms with Crippen LogP contribution in [0, 0.1) is 10.1 Å². The normalized spacial score (nSPS) is 17.0. The van der Waals surface area contributed by atoms with Gasteiger partial charge in [0, 0.05) is 23.3 Å². The summed E-state index contributed by atoms with van der Waals surface area (Å²) in [4.78, 5) is 23.0. The molecule has 6 heteroatoms. The molecule has 1 N–H and O–H groups in total. The molecule has 1 fully saturated rings. The maximum atomic E-state index is 12.6. The Bertz CT molecular complexity index is 943. The smallest absolute Gasteiger partial charge is 0.270 e. The number of Topliss-reactive ketones (excluding diaryl/α,β-unsaturated/α-hetero) is 1. The molecule has 26 heavy (non-hydrogen) atoms. The van der Waals surface area contributed by atoms with E-state index in [4.69, 9.17) is 4.74 Å². The van der Waals surface area contributed by atoms with Crippen LogP contribution in [0.25, 0.3) is 12.2 Å². The van der Waals surface area contributed by atoms with Crippen molar-refractivity contribution in [2.45, 2.75) is 12.8 Å². The van der Waals surface area contributed by atoms with Gasteiger partial charge in [0.1, 0.15) is 0 Å². The number of carbonyl (C=O) groups is 1. The summed E-state index contributed by atoms with van der Waals surface area (Å²) in [7, 11) is 1.47. The lowest BCUT2D eigenvalue weighted by Gasteiger charge is -2.04. The van der Waals surface area contributed by atoms with Gasteiger partial charge in [0.25, 0.3) is 5.69 Å². The molecule has 2 aromatic carbocycles. The molecule has 0 heterocycles. The number of nitrogens with zero attached hydrogens (tertiary/aromatic N) is 1. The van der Waals surface area contributed by atoms with Crippen LogP contribution in [0.2, 0.25) is 0 Å². The van der Waals surface area contributed by atoms with Gasteiger partial charge in [0.15, 0.2) is 17.3 Å². The van der Waals surface area contributed by atoms with Gasteiger partial charge in [-0.3, -0.25) is 14.9 Å². The first-order chi connectivity index (χ1) is 12.5. The number of phenols is 1. The molecular weight excluding hydrogens is 334 g/mol. The average molecular weight is 351 g/mol. The molecule has 0 atom stereocenters. The number of rotatable bonds is 4.